The van der Waals surface area contributed by atoms with E-state index in [-0.39, 0.29) is 24.8 Å². The average molecular weight is 494 g/mol. The molecule has 0 fully saturated rings. The van der Waals surface area contributed by atoms with Crippen LogP contribution in [0, 0.1) is 6.92 Å². The van der Waals surface area contributed by atoms with Crippen LogP contribution in [0.15, 0.2) is 48.5 Å². The number of halogens is 1. The third-order valence-corrected chi connectivity index (χ3v) is 7.15. The Morgan fingerprint density at radius 3 is 2.33 bits per heavy atom. The minimum absolute atomic E-state index is 0.113. The van der Waals surface area contributed by atoms with Gasteiger partial charge in [0.25, 0.3) is 0 Å². The number of amides is 2. The van der Waals surface area contributed by atoms with Gasteiger partial charge in [-0.3, -0.25) is 13.9 Å². The SMILES string of the molecule is CNC(=O)[C@H](C)N(CCc1ccccc1)C(=O)CCCN(c1cccc(Cl)c1C)S(C)(=O)=O. The molecule has 0 radical (unpaired) electrons. The van der Waals surface area contributed by atoms with E-state index in [1.54, 1.807) is 36.9 Å². The molecule has 0 aliphatic rings. The molecule has 7 nitrogen and oxygen atoms in total. The largest absolute Gasteiger partial charge is 0.357 e. The fourth-order valence-corrected chi connectivity index (χ4v) is 4.81. The molecule has 0 unspecified atom stereocenters. The van der Waals surface area contributed by atoms with Crippen LogP contribution in [0.3, 0.4) is 0 Å². The van der Waals surface area contributed by atoms with Crippen molar-refractivity contribution >= 4 is 39.1 Å². The molecule has 1 atom stereocenters. The summed E-state index contributed by atoms with van der Waals surface area (Å²) in [5.41, 5.74) is 2.23. The molecular formula is C24H32ClN3O4S. The van der Waals surface area contributed by atoms with Gasteiger partial charge in [0.15, 0.2) is 0 Å². The van der Waals surface area contributed by atoms with Crippen LogP contribution in [0.2, 0.25) is 5.02 Å². The maximum Gasteiger partial charge on any atom is 0.242 e. The molecule has 180 valence electrons. The lowest BCUT2D eigenvalue weighted by atomic mass is 10.1. The molecule has 0 heterocycles. The Morgan fingerprint density at radius 2 is 1.73 bits per heavy atom. The number of carbonyl (C=O) groups excluding carboxylic acids is 2. The van der Waals surface area contributed by atoms with Crippen molar-refractivity contribution in [2.45, 2.75) is 39.2 Å². The summed E-state index contributed by atoms with van der Waals surface area (Å²) in [6.45, 7) is 3.98. The van der Waals surface area contributed by atoms with E-state index in [4.69, 9.17) is 11.6 Å². The average Bonchev–Trinajstić information content (AvgIpc) is 2.78. The minimum atomic E-state index is -3.57. The lowest BCUT2D eigenvalue weighted by molar-refractivity contribution is -0.139. The van der Waals surface area contributed by atoms with Gasteiger partial charge in [0.1, 0.15) is 6.04 Å². The summed E-state index contributed by atoms with van der Waals surface area (Å²) in [7, 11) is -2.03. The zero-order valence-corrected chi connectivity index (χ0v) is 21.1. The Bertz CT molecular complexity index is 1060. The smallest absolute Gasteiger partial charge is 0.242 e. The lowest BCUT2D eigenvalue weighted by Crippen LogP contribution is -2.48. The van der Waals surface area contributed by atoms with Crippen molar-refractivity contribution in [2.24, 2.45) is 0 Å². The molecule has 0 spiro atoms. The van der Waals surface area contributed by atoms with E-state index < -0.39 is 16.1 Å². The first-order chi connectivity index (χ1) is 15.6. The molecule has 2 amide bonds. The van der Waals surface area contributed by atoms with Gasteiger partial charge < -0.3 is 10.2 Å². The second kappa shape index (κ2) is 12.0. The first kappa shape index (κ1) is 26.7. The molecule has 0 saturated heterocycles. The zero-order valence-electron chi connectivity index (χ0n) is 19.5. The molecule has 2 rings (SSSR count). The summed E-state index contributed by atoms with van der Waals surface area (Å²) < 4.78 is 26.1. The van der Waals surface area contributed by atoms with Gasteiger partial charge in [-0.1, -0.05) is 48.0 Å². The molecule has 33 heavy (non-hydrogen) atoms. The Kier molecular flexibility index (Phi) is 9.73. The summed E-state index contributed by atoms with van der Waals surface area (Å²) in [5, 5.41) is 3.07. The third kappa shape index (κ3) is 7.47. The summed E-state index contributed by atoms with van der Waals surface area (Å²) in [5.74, 6) is -0.443. The highest BCUT2D eigenvalue weighted by Gasteiger charge is 2.26. The Morgan fingerprint density at radius 1 is 1.06 bits per heavy atom. The quantitative estimate of drug-likeness (QED) is 0.519. The number of nitrogens with zero attached hydrogens (tertiary/aromatic N) is 2. The van der Waals surface area contributed by atoms with Crippen molar-refractivity contribution < 1.29 is 18.0 Å². The maximum absolute atomic E-state index is 13.1. The predicted molar refractivity (Wildman–Crippen MR) is 133 cm³/mol. The van der Waals surface area contributed by atoms with Crippen LogP contribution < -0.4 is 9.62 Å². The van der Waals surface area contributed by atoms with Crippen LogP contribution in [0.1, 0.15) is 30.9 Å². The molecule has 2 aromatic carbocycles. The normalized spacial score (nSPS) is 12.2. The van der Waals surface area contributed by atoms with Gasteiger partial charge >= 0.3 is 0 Å². The second-order valence-electron chi connectivity index (χ2n) is 7.94. The number of nitrogens with one attached hydrogen (secondary N) is 1. The van der Waals surface area contributed by atoms with Crippen LogP contribution in [-0.4, -0.2) is 57.6 Å². The fraction of sp³-hybridized carbons (Fsp3) is 0.417. The first-order valence-corrected chi connectivity index (χ1v) is 13.1. The van der Waals surface area contributed by atoms with E-state index in [1.807, 2.05) is 30.3 Å². The number of carbonyl (C=O) groups is 2. The van der Waals surface area contributed by atoms with Crippen molar-refractivity contribution in [2.75, 3.05) is 30.7 Å². The number of anilines is 1. The molecule has 1 N–H and O–H groups in total. The number of hydrogen-bond acceptors (Lipinski definition) is 4. The predicted octanol–water partition coefficient (Wildman–Crippen LogP) is 3.40. The molecular weight excluding hydrogens is 462 g/mol. The standard InChI is InChI=1S/C24H32ClN3O4S/c1-18-21(25)12-8-13-22(18)28(33(4,31)32)16-9-14-23(29)27(19(2)24(30)26-3)17-15-20-10-6-5-7-11-20/h5-8,10-13,19H,9,14-17H2,1-4H3,(H,26,30)/t19-/m0/s1. The highest BCUT2D eigenvalue weighted by atomic mass is 35.5. The van der Waals surface area contributed by atoms with E-state index in [1.165, 1.54) is 11.4 Å². The van der Waals surface area contributed by atoms with Crippen LogP contribution in [0.25, 0.3) is 0 Å². The number of benzene rings is 2. The second-order valence-corrected chi connectivity index (χ2v) is 10.2. The van der Waals surface area contributed by atoms with Gasteiger partial charge in [-0.05, 0) is 49.9 Å². The topological polar surface area (TPSA) is 86.8 Å². The fourth-order valence-electron chi connectivity index (χ4n) is 3.63. The van der Waals surface area contributed by atoms with Gasteiger partial charge in [-0.25, -0.2) is 8.42 Å². The maximum atomic E-state index is 13.1. The first-order valence-electron chi connectivity index (χ1n) is 10.8. The molecule has 9 heteroatoms. The van der Waals surface area contributed by atoms with Gasteiger partial charge in [0.05, 0.1) is 11.9 Å². The Balaban J connectivity index is 2.11. The minimum Gasteiger partial charge on any atom is -0.357 e. The monoisotopic (exact) mass is 493 g/mol. The highest BCUT2D eigenvalue weighted by molar-refractivity contribution is 7.92. The Hall–Kier alpha value is -2.58. The Labute approximate surface area is 201 Å². The van der Waals surface area contributed by atoms with E-state index in [2.05, 4.69) is 5.32 Å². The molecule has 0 aliphatic heterocycles. The summed E-state index contributed by atoms with van der Waals surface area (Å²) >= 11 is 6.18. The summed E-state index contributed by atoms with van der Waals surface area (Å²) in [4.78, 5) is 26.9. The third-order valence-electron chi connectivity index (χ3n) is 5.56. The van der Waals surface area contributed by atoms with Crippen molar-refractivity contribution in [1.29, 1.82) is 0 Å². The van der Waals surface area contributed by atoms with Crippen LogP contribution >= 0.6 is 11.6 Å². The van der Waals surface area contributed by atoms with E-state index in [0.717, 1.165) is 11.8 Å². The molecule has 0 aliphatic carbocycles. The number of hydrogen-bond donors (Lipinski definition) is 1. The van der Waals surface area contributed by atoms with Crippen LogP contribution in [0.5, 0.6) is 0 Å². The zero-order chi connectivity index (χ0) is 24.6. The van der Waals surface area contributed by atoms with Crippen molar-refractivity contribution in [1.82, 2.24) is 10.2 Å². The van der Waals surface area contributed by atoms with E-state index in [0.29, 0.717) is 35.7 Å². The number of rotatable bonds is 11. The van der Waals surface area contributed by atoms with Crippen molar-refractivity contribution in [3.63, 3.8) is 0 Å². The van der Waals surface area contributed by atoms with E-state index >= 15 is 0 Å². The van der Waals surface area contributed by atoms with Crippen molar-refractivity contribution in [3.8, 4) is 0 Å². The van der Waals surface area contributed by atoms with Crippen molar-refractivity contribution in [3.05, 3.63) is 64.7 Å². The van der Waals surface area contributed by atoms with Gasteiger partial charge in [-0.15, -0.1) is 0 Å². The highest BCUT2D eigenvalue weighted by Crippen LogP contribution is 2.28. The molecule has 0 saturated carbocycles. The van der Waals surface area contributed by atoms with Gasteiger partial charge in [0.2, 0.25) is 21.8 Å². The molecule has 0 bridgehead atoms. The van der Waals surface area contributed by atoms with Gasteiger partial charge in [0, 0.05) is 31.6 Å². The van der Waals surface area contributed by atoms with Gasteiger partial charge in [-0.2, -0.15) is 0 Å². The molecule has 2 aromatic rings. The molecule has 0 aromatic heterocycles. The van der Waals surface area contributed by atoms with Crippen LogP contribution in [0.4, 0.5) is 5.69 Å². The number of likely N-dealkylation sites (N-methyl/N-ethyl adjacent to an activating group) is 1. The lowest BCUT2D eigenvalue weighted by Gasteiger charge is -2.29. The van der Waals surface area contributed by atoms with E-state index in [9.17, 15) is 18.0 Å². The number of sulfonamides is 1. The van der Waals surface area contributed by atoms with Crippen LogP contribution in [-0.2, 0) is 26.0 Å². The summed E-state index contributed by atoms with van der Waals surface area (Å²) in [6.07, 6.45) is 2.17. The summed E-state index contributed by atoms with van der Waals surface area (Å²) in [6, 6.07) is 14.2.